The molecule has 0 saturated heterocycles. The third kappa shape index (κ3) is 1.71. The van der Waals surface area contributed by atoms with E-state index in [1.165, 1.54) is 0 Å². The summed E-state index contributed by atoms with van der Waals surface area (Å²) in [6, 6.07) is 7.87. The summed E-state index contributed by atoms with van der Waals surface area (Å²) in [6.07, 6.45) is 0.775. The van der Waals surface area contributed by atoms with E-state index >= 15 is 0 Å². The largest absolute Gasteiger partial charge is 0.370 e. The molecular weight excluding hydrogens is 228 g/mol. The number of carbonyl (C=O) groups is 1. The fraction of sp³-hybridized carbons (Fsp3) is 0.214. The number of hydrogen-bond donors (Lipinski definition) is 0. The van der Waals surface area contributed by atoms with Crippen molar-refractivity contribution in [1.82, 2.24) is 9.97 Å². The zero-order chi connectivity index (χ0) is 12.5. The molecule has 18 heavy (non-hydrogen) atoms. The molecule has 0 saturated carbocycles. The minimum absolute atomic E-state index is 0.428. The van der Waals surface area contributed by atoms with Crippen LogP contribution in [-0.4, -0.2) is 16.3 Å². The zero-order valence-corrected chi connectivity index (χ0v) is 10.0. The van der Waals surface area contributed by atoms with E-state index in [9.17, 15) is 4.79 Å². The monoisotopic (exact) mass is 240 g/mol. The Bertz CT molecular complexity index is 623. The van der Waals surface area contributed by atoms with Crippen LogP contribution in [0, 0.1) is 6.92 Å². The number of ether oxygens (including phenoxy) is 1. The summed E-state index contributed by atoms with van der Waals surface area (Å²) < 4.78 is 5.32. The highest BCUT2D eigenvalue weighted by Crippen LogP contribution is 2.25. The number of rotatable bonds is 2. The second-order valence-electron chi connectivity index (χ2n) is 4.28. The molecule has 0 aliphatic carbocycles. The third-order valence-electron chi connectivity index (χ3n) is 3.11. The van der Waals surface area contributed by atoms with Gasteiger partial charge in [0.25, 0.3) is 0 Å². The van der Waals surface area contributed by atoms with Gasteiger partial charge in [-0.05, 0) is 12.5 Å². The van der Waals surface area contributed by atoms with Crippen LogP contribution in [0.5, 0.6) is 0 Å². The Hall–Kier alpha value is -2.07. The van der Waals surface area contributed by atoms with Crippen LogP contribution in [0.3, 0.4) is 0 Å². The van der Waals surface area contributed by atoms with Crippen molar-refractivity contribution >= 4 is 6.29 Å². The highest BCUT2D eigenvalue weighted by molar-refractivity contribution is 5.76. The number of aryl methyl sites for hydroxylation is 1. The number of fused-ring (bicyclic) bond motifs is 1. The summed E-state index contributed by atoms with van der Waals surface area (Å²) in [5, 5.41) is 0. The van der Waals surface area contributed by atoms with Crippen LogP contribution < -0.4 is 0 Å². The van der Waals surface area contributed by atoms with Gasteiger partial charge in [-0.15, -0.1) is 0 Å². The summed E-state index contributed by atoms with van der Waals surface area (Å²) >= 11 is 0. The topological polar surface area (TPSA) is 52.1 Å². The molecule has 4 heteroatoms. The molecule has 0 fully saturated rings. The molecule has 4 nitrogen and oxygen atoms in total. The van der Waals surface area contributed by atoms with Gasteiger partial charge in [0.05, 0.1) is 18.9 Å². The Morgan fingerprint density at radius 3 is 2.83 bits per heavy atom. The highest BCUT2D eigenvalue weighted by Gasteiger charge is 2.20. The second-order valence-corrected chi connectivity index (χ2v) is 4.28. The van der Waals surface area contributed by atoms with Gasteiger partial charge >= 0.3 is 0 Å². The van der Waals surface area contributed by atoms with E-state index in [2.05, 4.69) is 9.97 Å². The molecule has 1 aliphatic heterocycles. The van der Waals surface area contributed by atoms with Crippen LogP contribution in [0.15, 0.2) is 24.3 Å². The first-order valence-electron chi connectivity index (χ1n) is 5.78. The molecular formula is C14H12N2O2. The van der Waals surface area contributed by atoms with Crippen molar-refractivity contribution in [3.63, 3.8) is 0 Å². The quantitative estimate of drug-likeness (QED) is 0.756. The maximum absolute atomic E-state index is 11.1. The maximum atomic E-state index is 11.1. The van der Waals surface area contributed by atoms with Crippen LogP contribution in [0.4, 0.5) is 0 Å². The van der Waals surface area contributed by atoms with E-state index in [1.54, 1.807) is 0 Å². The molecule has 1 aliphatic rings. The average molecular weight is 240 g/mol. The Morgan fingerprint density at radius 2 is 2.06 bits per heavy atom. The molecule has 0 N–H and O–H groups in total. The van der Waals surface area contributed by atoms with Gasteiger partial charge in [-0.25, -0.2) is 9.97 Å². The lowest BCUT2D eigenvalue weighted by atomic mass is 10.1. The Balaban J connectivity index is 2.20. The minimum Gasteiger partial charge on any atom is -0.370 e. The molecule has 2 heterocycles. The van der Waals surface area contributed by atoms with Gasteiger partial charge in [-0.2, -0.15) is 0 Å². The van der Waals surface area contributed by atoms with Gasteiger partial charge in [0.15, 0.2) is 12.1 Å². The summed E-state index contributed by atoms with van der Waals surface area (Å²) in [5.74, 6) is 0.597. The van der Waals surface area contributed by atoms with Crippen molar-refractivity contribution in [1.29, 1.82) is 0 Å². The van der Waals surface area contributed by atoms with E-state index in [0.717, 1.165) is 28.7 Å². The smallest absolute Gasteiger partial charge is 0.168 e. The lowest BCUT2D eigenvalue weighted by molar-refractivity contribution is 0.111. The van der Waals surface area contributed by atoms with E-state index in [4.69, 9.17) is 4.74 Å². The van der Waals surface area contributed by atoms with E-state index in [1.807, 2.05) is 31.2 Å². The van der Waals surface area contributed by atoms with Crippen LogP contribution >= 0.6 is 0 Å². The van der Waals surface area contributed by atoms with Crippen LogP contribution in [0.1, 0.15) is 27.3 Å². The van der Waals surface area contributed by atoms with Crippen LogP contribution in [0.2, 0.25) is 0 Å². The molecule has 2 aromatic rings. The first-order chi connectivity index (χ1) is 8.79. The Morgan fingerprint density at radius 1 is 1.22 bits per heavy atom. The van der Waals surface area contributed by atoms with Crippen LogP contribution in [0.25, 0.3) is 11.4 Å². The van der Waals surface area contributed by atoms with Crippen molar-refractivity contribution in [3.05, 3.63) is 46.8 Å². The van der Waals surface area contributed by atoms with Gasteiger partial charge in [0, 0.05) is 11.1 Å². The fourth-order valence-electron chi connectivity index (χ4n) is 2.12. The second kappa shape index (κ2) is 4.31. The average Bonchev–Trinajstić information content (AvgIpc) is 2.86. The number of aldehydes is 1. The molecule has 0 spiro atoms. The number of hydrogen-bond acceptors (Lipinski definition) is 4. The van der Waals surface area contributed by atoms with Crippen molar-refractivity contribution < 1.29 is 9.53 Å². The molecule has 0 atom stereocenters. The first kappa shape index (κ1) is 11.0. The Labute approximate surface area is 105 Å². The standard InChI is InChI=1S/C14H12N2O2/c1-9-4-2-3-5-10(9)14-15-12(6-17)11-7-18-8-13(11)16-14/h2-6H,7-8H2,1H3. The molecule has 1 aromatic heterocycles. The number of benzene rings is 1. The molecule has 0 bridgehead atoms. The third-order valence-corrected chi connectivity index (χ3v) is 3.11. The lowest BCUT2D eigenvalue weighted by Crippen LogP contribution is -2.03. The van der Waals surface area contributed by atoms with E-state index < -0.39 is 0 Å². The van der Waals surface area contributed by atoms with Crippen molar-refractivity contribution in [2.45, 2.75) is 20.1 Å². The molecule has 1 aromatic carbocycles. The summed E-state index contributed by atoms with van der Waals surface area (Å²) in [5.41, 5.74) is 4.13. The number of aromatic nitrogens is 2. The summed E-state index contributed by atoms with van der Waals surface area (Å²) in [4.78, 5) is 19.9. The predicted octanol–water partition coefficient (Wildman–Crippen LogP) is 2.29. The van der Waals surface area contributed by atoms with Gasteiger partial charge in [-0.1, -0.05) is 24.3 Å². The van der Waals surface area contributed by atoms with E-state index in [0.29, 0.717) is 24.7 Å². The zero-order valence-electron chi connectivity index (χ0n) is 10.0. The number of carbonyl (C=O) groups excluding carboxylic acids is 1. The van der Waals surface area contributed by atoms with Crippen molar-refractivity contribution in [2.24, 2.45) is 0 Å². The first-order valence-corrected chi connectivity index (χ1v) is 5.78. The Kier molecular flexibility index (Phi) is 2.64. The molecule has 3 rings (SSSR count). The van der Waals surface area contributed by atoms with Crippen LogP contribution in [-0.2, 0) is 18.0 Å². The number of nitrogens with zero attached hydrogens (tertiary/aromatic N) is 2. The molecule has 0 amide bonds. The van der Waals surface area contributed by atoms with Gasteiger partial charge in [0.2, 0.25) is 0 Å². The van der Waals surface area contributed by atoms with Gasteiger partial charge in [0.1, 0.15) is 5.69 Å². The van der Waals surface area contributed by atoms with Crippen molar-refractivity contribution in [2.75, 3.05) is 0 Å². The maximum Gasteiger partial charge on any atom is 0.168 e. The van der Waals surface area contributed by atoms with E-state index in [-0.39, 0.29) is 0 Å². The molecule has 90 valence electrons. The van der Waals surface area contributed by atoms with Gasteiger partial charge < -0.3 is 4.74 Å². The minimum atomic E-state index is 0.428. The predicted molar refractivity (Wildman–Crippen MR) is 66.1 cm³/mol. The SMILES string of the molecule is Cc1ccccc1-c1nc(C=O)c2c(n1)COC2. The highest BCUT2D eigenvalue weighted by atomic mass is 16.5. The molecule has 0 unspecified atom stereocenters. The normalized spacial score (nSPS) is 13.4. The summed E-state index contributed by atoms with van der Waals surface area (Å²) in [7, 11) is 0. The van der Waals surface area contributed by atoms with Gasteiger partial charge in [-0.3, -0.25) is 4.79 Å². The van der Waals surface area contributed by atoms with Crippen molar-refractivity contribution in [3.8, 4) is 11.4 Å². The lowest BCUT2D eigenvalue weighted by Gasteiger charge is -2.07. The molecule has 0 radical (unpaired) electrons. The summed E-state index contributed by atoms with van der Waals surface area (Å²) in [6.45, 7) is 2.89. The fourth-order valence-corrected chi connectivity index (χ4v) is 2.12.